The highest BCUT2D eigenvalue weighted by atomic mass is 16.5. The van der Waals surface area contributed by atoms with Gasteiger partial charge in [-0.3, -0.25) is 0 Å². The average molecular weight is 245 g/mol. The predicted molar refractivity (Wildman–Crippen MR) is 65.7 cm³/mol. The van der Waals surface area contributed by atoms with E-state index in [0.29, 0.717) is 6.01 Å². The molecule has 0 amide bonds. The van der Waals surface area contributed by atoms with Gasteiger partial charge in [0.2, 0.25) is 0 Å². The van der Waals surface area contributed by atoms with E-state index < -0.39 is 0 Å². The lowest BCUT2D eigenvalue weighted by Crippen LogP contribution is -2.37. The van der Waals surface area contributed by atoms with Crippen molar-refractivity contribution in [1.29, 1.82) is 0 Å². The normalized spacial score (nSPS) is 19.7. The van der Waals surface area contributed by atoms with Gasteiger partial charge >= 0.3 is 6.01 Å². The molecule has 18 heavy (non-hydrogen) atoms. The van der Waals surface area contributed by atoms with E-state index in [-0.39, 0.29) is 6.10 Å². The van der Waals surface area contributed by atoms with Crippen LogP contribution in [0, 0.1) is 0 Å². The van der Waals surface area contributed by atoms with Crippen molar-refractivity contribution in [3.05, 3.63) is 30.3 Å². The molecule has 0 radical (unpaired) electrons. The topological polar surface area (TPSA) is 64.9 Å². The lowest BCUT2D eigenvalue weighted by atomic mass is 10.1. The summed E-state index contributed by atoms with van der Waals surface area (Å²) in [7, 11) is 0. The van der Waals surface area contributed by atoms with E-state index in [1.807, 2.05) is 30.3 Å². The third-order valence-electron chi connectivity index (χ3n) is 2.97. The second-order valence-electron chi connectivity index (χ2n) is 4.30. The number of para-hydroxylation sites is 1. The first-order valence-electron chi connectivity index (χ1n) is 6.14. The Bertz CT molecular complexity index is 492. The Labute approximate surface area is 105 Å². The van der Waals surface area contributed by atoms with Crippen LogP contribution in [0.25, 0.3) is 5.69 Å². The summed E-state index contributed by atoms with van der Waals surface area (Å²) < 4.78 is 7.46. The lowest BCUT2D eigenvalue weighted by Gasteiger charge is -2.22. The molecular formula is C12H15N5O. The van der Waals surface area contributed by atoms with Crippen LogP contribution in [0.2, 0.25) is 0 Å². The zero-order valence-corrected chi connectivity index (χ0v) is 9.99. The number of piperidine rings is 1. The zero-order chi connectivity index (χ0) is 12.2. The smallest absolute Gasteiger partial charge is 0.340 e. The SMILES string of the molecule is c1ccc(-n2nnnc2OC2CCCNC2)cc1. The van der Waals surface area contributed by atoms with Crippen LogP contribution in [-0.4, -0.2) is 39.4 Å². The number of nitrogens with zero attached hydrogens (tertiary/aromatic N) is 4. The Kier molecular flexibility index (Phi) is 3.18. The highest BCUT2D eigenvalue weighted by Crippen LogP contribution is 2.16. The molecule has 2 aromatic rings. The Morgan fingerprint density at radius 2 is 2.17 bits per heavy atom. The maximum atomic E-state index is 5.85. The molecule has 0 spiro atoms. The van der Waals surface area contributed by atoms with E-state index in [0.717, 1.165) is 31.6 Å². The van der Waals surface area contributed by atoms with Gasteiger partial charge in [0.05, 0.1) is 5.69 Å². The Morgan fingerprint density at radius 1 is 1.28 bits per heavy atom. The molecule has 1 fully saturated rings. The quantitative estimate of drug-likeness (QED) is 0.866. The summed E-state index contributed by atoms with van der Waals surface area (Å²) in [4.78, 5) is 0. The van der Waals surface area contributed by atoms with Crippen LogP contribution in [0.1, 0.15) is 12.8 Å². The lowest BCUT2D eigenvalue weighted by molar-refractivity contribution is 0.149. The minimum absolute atomic E-state index is 0.146. The van der Waals surface area contributed by atoms with Crippen molar-refractivity contribution in [1.82, 2.24) is 25.5 Å². The molecule has 3 rings (SSSR count). The highest BCUT2D eigenvalue weighted by Gasteiger charge is 2.18. The summed E-state index contributed by atoms with van der Waals surface area (Å²) in [5.41, 5.74) is 0.904. The van der Waals surface area contributed by atoms with E-state index in [1.165, 1.54) is 0 Å². The molecule has 1 unspecified atom stereocenters. The predicted octanol–water partition coefficient (Wildman–Crippen LogP) is 0.793. The molecule has 1 N–H and O–H groups in total. The highest BCUT2D eigenvalue weighted by molar-refractivity contribution is 5.31. The van der Waals surface area contributed by atoms with Gasteiger partial charge in [0.15, 0.2) is 0 Å². The summed E-state index contributed by atoms with van der Waals surface area (Å²) in [6.45, 7) is 1.91. The van der Waals surface area contributed by atoms with Crippen molar-refractivity contribution in [2.75, 3.05) is 13.1 Å². The molecule has 0 bridgehead atoms. The summed E-state index contributed by atoms with van der Waals surface area (Å²) in [6, 6.07) is 10.2. The molecule has 6 heteroatoms. The molecule has 1 saturated heterocycles. The van der Waals surface area contributed by atoms with Crippen molar-refractivity contribution in [3.8, 4) is 11.7 Å². The van der Waals surface area contributed by atoms with Crippen LogP contribution in [0.5, 0.6) is 6.01 Å². The summed E-state index contributed by atoms with van der Waals surface area (Å²) in [5.74, 6) is 0. The van der Waals surface area contributed by atoms with E-state index in [1.54, 1.807) is 4.68 Å². The van der Waals surface area contributed by atoms with Crippen LogP contribution in [0.3, 0.4) is 0 Å². The number of hydrogen-bond acceptors (Lipinski definition) is 5. The average Bonchev–Trinajstić information content (AvgIpc) is 2.89. The largest absolute Gasteiger partial charge is 0.458 e. The van der Waals surface area contributed by atoms with Gasteiger partial charge in [-0.05, 0) is 41.9 Å². The Balaban J connectivity index is 1.79. The number of tetrazole rings is 1. The minimum Gasteiger partial charge on any atom is -0.458 e. The first kappa shape index (κ1) is 11.2. The van der Waals surface area contributed by atoms with Crippen molar-refractivity contribution < 1.29 is 4.74 Å². The molecule has 0 aliphatic carbocycles. The summed E-state index contributed by atoms with van der Waals surface area (Å²) in [5, 5.41) is 14.9. The second kappa shape index (κ2) is 5.14. The van der Waals surface area contributed by atoms with E-state index in [2.05, 4.69) is 20.8 Å². The Morgan fingerprint density at radius 3 is 2.94 bits per heavy atom. The minimum atomic E-state index is 0.146. The molecule has 6 nitrogen and oxygen atoms in total. The van der Waals surface area contributed by atoms with Crippen LogP contribution in [0.4, 0.5) is 0 Å². The van der Waals surface area contributed by atoms with Gasteiger partial charge in [0, 0.05) is 6.54 Å². The summed E-state index contributed by atoms with van der Waals surface area (Å²) in [6.07, 6.45) is 2.30. The number of benzene rings is 1. The fraction of sp³-hybridized carbons (Fsp3) is 0.417. The maximum Gasteiger partial charge on any atom is 0.340 e. The van der Waals surface area contributed by atoms with Gasteiger partial charge in [-0.1, -0.05) is 23.3 Å². The first-order chi connectivity index (χ1) is 8.93. The van der Waals surface area contributed by atoms with Crippen LogP contribution in [0.15, 0.2) is 30.3 Å². The monoisotopic (exact) mass is 245 g/mol. The molecule has 1 aromatic carbocycles. The fourth-order valence-electron chi connectivity index (χ4n) is 2.05. The zero-order valence-electron chi connectivity index (χ0n) is 9.99. The van der Waals surface area contributed by atoms with E-state index in [9.17, 15) is 0 Å². The second-order valence-corrected chi connectivity index (χ2v) is 4.30. The third-order valence-corrected chi connectivity index (χ3v) is 2.97. The number of rotatable bonds is 3. The molecule has 1 aliphatic heterocycles. The number of hydrogen-bond donors (Lipinski definition) is 1. The van der Waals surface area contributed by atoms with Crippen molar-refractivity contribution in [3.63, 3.8) is 0 Å². The van der Waals surface area contributed by atoms with Gasteiger partial charge in [-0.2, -0.15) is 4.68 Å². The molecule has 2 heterocycles. The van der Waals surface area contributed by atoms with Gasteiger partial charge in [-0.25, -0.2) is 0 Å². The Hall–Kier alpha value is -1.95. The summed E-state index contributed by atoms with van der Waals surface area (Å²) >= 11 is 0. The van der Waals surface area contributed by atoms with Crippen molar-refractivity contribution in [2.45, 2.75) is 18.9 Å². The van der Waals surface area contributed by atoms with Gasteiger partial charge in [-0.15, -0.1) is 0 Å². The van der Waals surface area contributed by atoms with Crippen molar-refractivity contribution in [2.24, 2.45) is 0 Å². The number of nitrogens with one attached hydrogen (secondary N) is 1. The first-order valence-corrected chi connectivity index (χ1v) is 6.14. The van der Waals surface area contributed by atoms with Crippen LogP contribution in [-0.2, 0) is 0 Å². The molecule has 1 atom stereocenters. The van der Waals surface area contributed by atoms with E-state index >= 15 is 0 Å². The molecular weight excluding hydrogens is 230 g/mol. The maximum absolute atomic E-state index is 5.85. The third kappa shape index (κ3) is 2.33. The molecule has 94 valence electrons. The van der Waals surface area contributed by atoms with E-state index in [4.69, 9.17) is 4.74 Å². The standard InChI is InChI=1S/C12H15N5O/c1-2-5-10(6-3-1)17-12(14-15-16-17)18-11-7-4-8-13-9-11/h1-3,5-6,11,13H,4,7-9H2. The number of ether oxygens (including phenoxy) is 1. The van der Waals surface area contributed by atoms with Crippen LogP contribution >= 0.6 is 0 Å². The molecule has 1 aromatic heterocycles. The molecule has 0 saturated carbocycles. The van der Waals surface area contributed by atoms with Gasteiger partial charge in [0.1, 0.15) is 6.10 Å². The van der Waals surface area contributed by atoms with Crippen LogP contribution < -0.4 is 10.1 Å². The number of aromatic nitrogens is 4. The molecule has 1 aliphatic rings. The van der Waals surface area contributed by atoms with Gasteiger partial charge in [0.25, 0.3) is 0 Å². The van der Waals surface area contributed by atoms with Gasteiger partial charge < -0.3 is 10.1 Å². The van der Waals surface area contributed by atoms with Crippen molar-refractivity contribution >= 4 is 0 Å². The fourth-order valence-corrected chi connectivity index (χ4v) is 2.05.